The van der Waals surface area contributed by atoms with Crippen LogP contribution in [0.25, 0.3) is 0 Å². The molecule has 0 fully saturated rings. The Kier molecular flexibility index (Phi) is 5.56. The summed E-state index contributed by atoms with van der Waals surface area (Å²) in [5.74, 6) is -0.511. The van der Waals surface area contributed by atoms with Gasteiger partial charge in [0.05, 0.1) is 23.3 Å². The summed E-state index contributed by atoms with van der Waals surface area (Å²) < 4.78 is 48.8. The molecule has 0 saturated carbocycles. The number of benzene rings is 1. The zero-order valence-electron chi connectivity index (χ0n) is 13.8. The Bertz CT molecular complexity index is 867. The first-order chi connectivity index (χ1) is 12.7. The molecule has 0 unspecified atom stereocenters. The maximum absolute atomic E-state index is 12.6. The van der Waals surface area contributed by atoms with Crippen LogP contribution in [0.4, 0.5) is 18.9 Å². The summed E-state index contributed by atoms with van der Waals surface area (Å²) in [6, 6.07) is 5.35. The second-order valence-corrected chi connectivity index (χ2v) is 6.98. The Hall–Kier alpha value is -2.33. The first-order valence-electron chi connectivity index (χ1n) is 7.61. The van der Waals surface area contributed by atoms with Crippen LogP contribution in [0.5, 0.6) is 11.6 Å². The Labute approximate surface area is 161 Å². The predicted molar refractivity (Wildman–Crippen MR) is 94.5 cm³/mol. The van der Waals surface area contributed by atoms with Crippen molar-refractivity contribution >= 4 is 35.1 Å². The smallest absolute Gasteiger partial charge is 0.475 e. The molecule has 0 aliphatic carbocycles. The van der Waals surface area contributed by atoms with E-state index in [1.165, 1.54) is 18.3 Å². The lowest BCUT2D eigenvalue weighted by Gasteiger charge is -2.20. The van der Waals surface area contributed by atoms with Gasteiger partial charge in [-0.25, -0.2) is 4.98 Å². The first kappa shape index (κ1) is 19.4. The number of carbonyl (C=O) groups excluding carboxylic acids is 1. The molecule has 1 aromatic heterocycles. The Morgan fingerprint density at radius 3 is 2.89 bits per heavy atom. The van der Waals surface area contributed by atoms with E-state index < -0.39 is 6.36 Å². The number of nitrogens with zero attached hydrogens (tertiary/aromatic N) is 2. The van der Waals surface area contributed by atoms with E-state index in [1.807, 2.05) is 0 Å². The van der Waals surface area contributed by atoms with E-state index in [2.05, 4.69) is 15.0 Å². The van der Waals surface area contributed by atoms with Gasteiger partial charge in [0.1, 0.15) is 17.9 Å². The number of hydrogen-bond acceptors (Lipinski definition) is 6. The van der Waals surface area contributed by atoms with Crippen LogP contribution in [0.3, 0.4) is 0 Å². The molecule has 11 heteroatoms. The lowest BCUT2D eigenvalue weighted by atomic mass is 10.2. The van der Waals surface area contributed by atoms with Gasteiger partial charge in [0.25, 0.3) is 5.91 Å². The first-order valence-corrected chi connectivity index (χ1v) is 8.76. The summed E-state index contributed by atoms with van der Waals surface area (Å²) in [6.07, 6.45) is -3.37. The molecule has 0 atom stereocenters. The molecular formula is C16H13ClF3N3O3S. The van der Waals surface area contributed by atoms with E-state index >= 15 is 0 Å². The molecule has 0 bridgehead atoms. The number of pyridine rings is 1. The number of hydrogen-bond donors (Lipinski definition) is 1. The van der Waals surface area contributed by atoms with Gasteiger partial charge in [-0.2, -0.15) is 0 Å². The van der Waals surface area contributed by atoms with Crippen LogP contribution in [-0.4, -0.2) is 37.5 Å². The quantitative estimate of drug-likeness (QED) is 0.758. The molecule has 27 heavy (non-hydrogen) atoms. The van der Waals surface area contributed by atoms with Crippen LogP contribution >= 0.6 is 23.5 Å². The van der Waals surface area contributed by atoms with Crippen molar-refractivity contribution in [3.63, 3.8) is 0 Å². The summed E-state index contributed by atoms with van der Waals surface area (Å²) in [4.78, 5) is 16.3. The number of carbonyl (C=O) groups is 1. The van der Waals surface area contributed by atoms with Gasteiger partial charge in [-0.05, 0) is 36.2 Å². The maximum Gasteiger partial charge on any atom is 0.573 e. The highest BCUT2D eigenvalue weighted by molar-refractivity contribution is 8.00. The fourth-order valence-electron chi connectivity index (χ4n) is 2.26. The second kappa shape index (κ2) is 7.73. The van der Waals surface area contributed by atoms with Crippen molar-refractivity contribution in [2.45, 2.75) is 11.3 Å². The molecule has 1 aromatic carbocycles. The molecule has 3 rings (SSSR count). The van der Waals surface area contributed by atoms with Crippen LogP contribution in [0.2, 0.25) is 5.02 Å². The van der Waals surface area contributed by atoms with Gasteiger partial charge in [0.15, 0.2) is 0 Å². The van der Waals surface area contributed by atoms with Crippen molar-refractivity contribution in [3.05, 3.63) is 41.0 Å². The van der Waals surface area contributed by atoms with Crippen LogP contribution in [0, 0.1) is 0 Å². The fourth-order valence-corrected chi connectivity index (χ4v) is 3.38. The Morgan fingerprint density at radius 1 is 1.37 bits per heavy atom. The number of amides is 1. The molecule has 144 valence electrons. The van der Waals surface area contributed by atoms with Crippen LogP contribution in [0.15, 0.2) is 35.4 Å². The minimum absolute atomic E-state index is 0.151. The van der Waals surface area contributed by atoms with Crippen molar-refractivity contribution in [1.29, 1.82) is 0 Å². The summed E-state index contributed by atoms with van der Waals surface area (Å²) in [5.41, 5.74) is 0.729. The van der Waals surface area contributed by atoms with Gasteiger partial charge in [-0.3, -0.25) is 4.79 Å². The lowest BCUT2D eigenvalue weighted by molar-refractivity contribution is -0.275. The van der Waals surface area contributed by atoms with Gasteiger partial charge >= 0.3 is 6.36 Å². The summed E-state index contributed by atoms with van der Waals surface area (Å²) in [5, 5.41) is 2.92. The minimum Gasteiger partial charge on any atom is -0.475 e. The highest BCUT2D eigenvalue weighted by Gasteiger charge is 2.32. The van der Waals surface area contributed by atoms with E-state index in [9.17, 15) is 18.0 Å². The van der Waals surface area contributed by atoms with Crippen molar-refractivity contribution in [2.24, 2.45) is 0 Å². The molecule has 1 amide bonds. The molecular weight excluding hydrogens is 407 g/mol. The van der Waals surface area contributed by atoms with E-state index in [0.29, 0.717) is 18.8 Å². The maximum atomic E-state index is 12.6. The van der Waals surface area contributed by atoms with Gasteiger partial charge in [-0.1, -0.05) is 11.6 Å². The lowest BCUT2D eigenvalue weighted by Crippen LogP contribution is -2.24. The SMILES string of the molecule is CN(Sc1cc(Cl)ccc1OC(F)(F)F)c1cnc2c(c1)C(=O)NCCO2. The minimum atomic E-state index is -4.83. The normalized spacial score (nSPS) is 13.9. The van der Waals surface area contributed by atoms with Crippen LogP contribution in [0.1, 0.15) is 10.4 Å². The zero-order valence-corrected chi connectivity index (χ0v) is 15.4. The number of anilines is 1. The Morgan fingerprint density at radius 2 is 2.15 bits per heavy atom. The van der Waals surface area contributed by atoms with Crippen LogP contribution < -0.4 is 19.1 Å². The standard InChI is InChI=1S/C16H13ClF3N3O3S/c1-23(10-7-11-14(24)21-4-5-25-15(11)22-8-10)27-13-6-9(17)2-3-12(13)26-16(18,19)20/h2-3,6-8H,4-5H2,1H3,(H,21,24). The molecule has 0 spiro atoms. The predicted octanol–water partition coefficient (Wildman–Crippen LogP) is 3.90. The summed E-state index contributed by atoms with van der Waals surface area (Å²) >= 11 is 6.85. The third kappa shape index (κ3) is 4.89. The van der Waals surface area contributed by atoms with Crippen molar-refractivity contribution in [3.8, 4) is 11.6 Å². The number of halogens is 4. The number of nitrogens with one attached hydrogen (secondary N) is 1. The highest BCUT2D eigenvalue weighted by atomic mass is 35.5. The number of rotatable bonds is 4. The highest BCUT2D eigenvalue weighted by Crippen LogP contribution is 2.38. The molecule has 1 N–H and O–H groups in total. The van der Waals surface area contributed by atoms with Crippen LogP contribution in [-0.2, 0) is 0 Å². The topological polar surface area (TPSA) is 63.7 Å². The average molecular weight is 420 g/mol. The van der Waals surface area contributed by atoms with Crippen molar-refractivity contribution < 1.29 is 27.4 Å². The van der Waals surface area contributed by atoms with Gasteiger partial charge in [0, 0.05) is 12.1 Å². The van der Waals surface area contributed by atoms with Gasteiger partial charge < -0.3 is 19.1 Å². The molecule has 1 aliphatic rings. The zero-order chi connectivity index (χ0) is 19.6. The van der Waals surface area contributed by atoms with Gasteiger partial charge in [0.2, 0.25) is 5.88 Å². The van der Waals surface area contributed by atoms with E-state index in [1.54, 1.807) is 17.4 Å². The molecule has 2 heterocycles. The second-order valence-electron chi connectivity index (χ2n) is 5.38. The molecule has 2 aromatic rings. The molecule has 0 radical (unpaired) electrons. The molecule has 6 nitrogen and oxygen atoms in total. The van der Waals surface area contributed by atoms with Crippen molar-refractivity contribution in [2.75, 3.05) is 24.5 Å². The average Bonchev–Trinajstić information content (AvgIpc) is 2.77. The summed E-state index contributed by atoms with van der Waals surface area (Å²) in [7, 11) is 1.61. The monoisotopic (exact) mass is 419 g/mol. The van der Waals surface area contributed by atoms with Gasteiger partial charge in [-0.15, -0.1) is 13.2 Å². The third-order valence-corrected chi connectivity index (χ3v) is 4.67. The van der Waals surface area contributed by atoms with Crippen molar-refractivity contribution in [1.82, 2.24) is 10.3 Å². The third-order valence-electron chi connectivity index (χ3n) is 3.44. The van der Waals surface area contributed by atoms with E-state index in [0.717, 1.165) is 18.0 Å². The number of aromatic nitrogens is 1. The summed E-state index contributed by atoms with van der Waals surface area (Å²) in [6.45, 7) is 0.659. The number of alkyl halides is 3. The fraction of sp³-hybridized carbons (Fsp3) is 0.250. The van der Waals surface area contributed by atoms with E-state index in [-0.39, 0.29) is 33.0 Å². The Balaban J connectivity index is 1.87. The molecule has 0 saturated heterocycles. The molecule has 1 aliphatic heterocycles. The van der Waals surface area contributed by atoms with E-state index in [4.69, 9.17) is 16.3 Å². The number of fused-ring (bicyclic) bond motifs is 1. The largest absolute Gasteiger partial charge is 0.573 e. The number of ether oxygens (including phenoxy) is 2.